The molecule has 1 fully saturated rings. The van der Waals surface area contributed by atoms with Crippen molar-refractivity contribution in [1.29, 1.82) is 0 Å². The number of halogens is 2. The van der Waals surface area contributed by atoms with E-state index in [1.807, 2.05) is 24.3 Å². The van der Waals surface area contributed by atoms with Gasteiger partial charge in [-0.25, -0.2) is 0 Å². The summed E-state index contributed by atoms with van der Waals surface area (Å²) in [5.41, 5.74) is 7.22. The van der Waals surface area contributed by atoms with Crippen LogP contribution in [0.3, 0.4) is 0 Å². The molecule has 2 rings (SSSR count). The molecule has 0 bridgehead atoms. The van der Waals surface area contributed by atoms with E-state index in [2.05, 4.69) is 0 Å². The maximum atomic E-state index is 6.01. The van der Waals surface area contributed by atoms with Crippen LogP contribution in [0.4, 0.5) is 0 Å². The van der Waals surface area contributed by atoms with E-state index < -0.39 is 0 Å². The maximum Gasteiger partial charge on any atom is 0.0406 e. The number of benzene rings is 1. The highest BCUT2D eigenvalue weighted by atomic mass is 35.5. The molecule has 1 nitrogen and oxygen atoms in total. The minimum Gasteiger partial charge on any atom is -0.324 e. The Bertz CT molecular complexity index is 267. The molecule has 0 saturated heterocycles. The molecule has 0 unspecified atom stereocenters. The van der Waals surface area contributed by atoms with E-state index in [1.165, 1.54) is 18.4 Å². The predicted octanol–water partition coefficient (Wildman–Crippen LogP) is 3.17. The summed E-state index contributed by atoms with van der Waals surface area (Å²) in [7, 11) is 0. The lowest BCUT2D eigenvalue weighted by molar-refractivity contribution is 0.633. The summed E-state index contributed by atoms with van der Waals surface area (Å²) >= 11 is 5.77. The first-order chi connectivity index (χ1) is 5.77. The van der Waals surface area contributed by atoms with Gasteiger partial charge >= 0.3 is 0 Å². The molecule has 0 aromatic heterocycles. The van der Waals surface area contributed by atoms with Crippen molar-refractivity contribution in [3.8, 4) is 0 Å². The highest BCUT2D eigenvalue weighted by Crippen LogP contribution is 2.39. The highest BCUT2D eigenvalue weighted by molar-refractivity contribution is 6.30. The third-order valence-electron chi connectivity index (χ3n) is 2.38. The van der Waals surface area contributed by atoms with Crippen LogP contribution in [-0.4, -0.2) is 0 Å². The Hall–Kier alpha value is -0.240. The number of hydrogen-bond donors (Lipinski definition) is 1. The molecule has 1 saturated carbocycles. The van der Waals surface area contributed by atoms with Crippen molar-refractivity contribution in [2.75, 3.05) is 0 Å². The Labute approximate surface area is 89.7 Å². The van der Waals surface area contributed by atoms with E-state index in [4.69, 9.17) is 17.3 Å². The Morgan fingerprint density at radius 2 is 1.77 bits per heavy atom. The van der Waals surface area contributed by atoms with E-state index >= 15 is 0 Å². The van der Waals surface area contributed by atoms with Crippen LogP contribution < -0.4 is 5.73 Å². The highest BCUT2D eigenvalue weighted by Gasteiger charge is 2.29. The molecule has 0 heterocycles. The normalized spacial score (nSPS) is 17.7. The van der Waals surface area contributed by atoms with Gasteiger partial charge in [0.1, 0.15) is 0 Å². The van der Waals surface area contributed by atoms with Crippen molar-refractivity contribution < 1.29 is 0 Å². The average molecular weight is 218 g/mol. The van der Waals surface area contributed by atoms with Crippen LogP contribution in [0.15, 0.2) is 24.3 Å². The second kappa shape index (κ2) is 4.32. The number of hydrogen-bond acceptors (Lipinski definition) is 1. The molecule has 0 amide bonds. The monoisotopic (exact) mass is 217 g/mol. The van der Waals surface area contributed by atoms with Crippen LogP contribution >= 0.6 is 24.0 Å². The molecule has 0 spiro atoms. The smallest absolute Gasteiger partial charge is 0.0406 e. The zero-order chi connectivity index (χ0) is 8.55. The summed E-state index contributed by atoms with van der Waals surface area (Å²) in [6.07, 6.45) is 2.56. The molecule has 2 N–H and O–H groups in total. The van der Waals surface area contributed by atoms with Gasteiger partial charge in [0, 0.05) is 11.1 Å². The minimum atomic E-state index is 0. The van der Waals surface area contributed by atoms with E-state index in [0.29, 0.717) is 5.92 Å². The van der Waals surface area contributed by atoms with Gasteiger partial charge < -0.3 is 5.73 Å². The minimum absolute atomic E-state index is 0. The molecule has 72 valence electrons. The average Bonchev–Trinajstić information content (AvgIpc) is 2.87. The van der Waals surface area contributed by atoms with Crippen molar-refractivity contribution >= 4 is 24.0 Å². The summed E-state index contributed by atoms with van der Waals surface area (Å²) in [6, 6.07) is 8.07. The van der Waals surface area contributed by atoms with E-state index in [1.54, 1.807) is 0 Å². The predicted molar refractivity (Wildman–Crippen MR) is 58.4 cm³/mol. The Morgan fingerprint density at radius 1 is 1.23 bits per heavy atom. The van der Waals surface area contributed by atoms with Crippen molar-refractivity contribution in [3.63, 3.8) is 0 Å². The van der Waals surface area contributed by atoms with Crippen molar-refractivity contribution in [1.82, 2.24) is 0 Å². The molecule has 3 heteroatoms. The SMILES string of the molecule is Cl.N[C@H](c1ccc(Cl)cc1)C1CC1. The standard InChI is InChI=1S/C10H12ClN.ClH/c11-9-5-3-8(4-6-9)10(12)7-1-2-7;/h3-7,10H,1-2,12H2;1H/t10-;/m0./s1. The van der Waals surface area contributed by atoms with Gasteiger partial charge in [-0.15, -0.1) is 12.4 Å². The second-order valence-electron chi connectivity index (χ2n) is 3.41. The molecular formula is C10H13Cl2N. The molecule has 1 aromatic rings. The summed E-state index contributed by atoms with van der Waals surface area (Å²) in [6.45, 7) is 0. The second-order valence-corrected chi connectivity index (χ2v) is 3.85. The molecular weight excluding hydrogens is 205 g/mol. The van der Waals surface area contributed by atoms with Gasteiger partial charge in [0.25, 0.3) is 0 Å². The Kier molecular flexibility index (Phi) is 3.60. The van der Waals surface area contributed by atoms with Gasteiger partial charge in [-0.1, -0.05) is 23.7 Å². The first kappa shape index (κ1) is 10.8. The van der Waals surface area contributed by atoms with Gasteiger partial charge in [-0.2, -0.15) is 0 Å². The zero-order valence-electron chi connectivity index (χ0n) is 7.24. The van der Waals surface area contributed by atoms with E-state index in [0.717, 1.165) is 5.02 Å². The first-order valence-corrected chi connectivity index (χ1v) is 4.66. The van der Waals surface area contributed by atoms with Gasteiger partial charge in [0.2, 0.25) is 0 Å². The Morgan fingerprint density at radius 3 is 2.23 bits per heavy atom. The van der Waals surface area contributed by atoms with Crippen molar-refractivity contribution in [2.24, 2.45) is 11.7 Å². The lowest BCUT2D eigenvalue weighted by Gasteiger charge is -2.09. The molecule has 0 radical (unpaired) electrons. The van der Waals surface area contributed by atoms with Crippen molar-refractivity contribution in [2.45, 2.75) is 18.9 Å². The van der Waals surface area contributed by atoms with Crippen LogP contribution in [0.2, 0.25) is 5.02 Å². The zero-order valence-corrected chi connectivity index (χ0v) is 8.81. The van der Waals surface area contributed by atoms with Gasteiger partial charge in [-0.3, -0.25) is 0 Å². The maximum absolute atomic E-state index is 6.01. The van der Waals surface area contributed by atoms with E-state index in [9.17, 15) is 0 Å². The fourth-order valence-corrected chi connectivity index (χ4v) is 1.54. The largest absolute Gasteiger partial charge is 0.324 e. The van der Waals surface area contributed by atoms with Gasteiger partial charge in [-0.05, 0) is 36.5 Å². The van der Waals surface area contributed by atoms with Crippen LogP contribution in [0.1, 0.15) is 24.4 Å². The lowest BCUT2D eigenvalue weighted by atomic mass is 10.0. The number of nitrogens with two attached hydrogens (primary N) is 1. The fraction of sp³-hybridized carbons (Fsp3) is 0.400. The first-order valence-electron chi connectivity index (χ1n) is 4.28. The van der Waals surface area contributed by atoms with E-state index in [-0.39, 0.29) is 18.4 Å². The van der Waals surface area contributed by atoms with Gasteiger partial charge in [0.15, 0.2) is 0 Å². The molecule has 13 heavy (non-hydrogen) atoms. The fourth-order valence-electron chi connectivity index (χ4n) is 1.41. The summed E-state index contributed by atoms with van der Waals surface area (Å²) in [4.78, 5) is 0. The Balaban J connectivity index is 0.000000845. The third-order valence-corrected chi connectivity index (χ3v) is 2.64. The topological polar surface area (TPSA) is 26.0 Å². The number of rotatable bonds is 2. The molecule has 1 aliphatic carbocycles. The third kappa shape index (κ3) is 2.60. The molecule has 0 aliphatic heterocycles. The molecule has 1 aromatic carbocycles. The van der Waals surface area contributed by atoms with Crippen LogP contribution in [0.5, 0.6) is 0 Å². The van der Waals surface area contributed by atoms with Crippen LogP contribution in [0, 0.1) is 5.92 Å². The van der Waals surface area contributed by atoms with Gasteiger partial charge in [0.05, 0.1) is 0 Å². The molecule has 1 aliphatic rings. The summed E-state index contributed by atoms with van der Waals surface area (Å²) in [5, 5.41) is 0.779. The van der Waals surface area contributed by atoms with Crippen LogP contribution in [-0.2, 0) is 0 Å². The quantitative estimate of drug-likeness (QED) is 0.810. The lowest BCUT2D eigenvalue weighted by Crippen LogP contribution is -2.11. The summed E-state index contributed by atoms with van der Waals surface area (Å²) in [5.74, 6) is 0.714. The van der Waals surface area contributed by atoms with Crippen molar-refractivity contribution in [3.05, 3.63) is 34.9 Å². The van der Waals surface area contributed by atoms with Crippen LogP contribution in [0.25, 0.3) is 0 Å². The molecule has 1 atom stereocenters. The summed E-state index contributed by atoms with van der Waals surface area (Å²) < 4.78 is 0.